The molecule has 0 amide bonds. The molecule has 0 aromatic heterocycles. The maximum Gasteiger partial charge on any atom is 0.283 e. The van der Waals surface area contributed by atoms with Crippen molar-refractivity contribution in [1.82, 2.24) is 5.32 Å². The number of halogens is 1. The molecule has 4 nitrogen and oxygen atoms in total. The highest BCUT2D eigenvalue weighted by Gasteiger charge is 2.20. The van der Waals surface area contributed by atoms with Crippen molar-refractivity contribution in [1.29, 1.82) is 0 Å². The lowest BCUT2D eigenvalue weighted by molar-refractivity contribution is -0.385. The first-order valence-electron chi connectivity index (χ1n) is 7.24. The molecule has 0 aliphatic heterocycles. The Kier molecular flexibility index (Phi) is 5.54. The van der Waals surface area contributed by atoms with Gasteiger partial charge in [-0.25, -0.2) is 0 Å². The third-order valence-electron chi connectivity index (χ3n) is 4.17. The smallest absolute Gasteiger partial charge is 0.283 e. The van der Waals surface area contributed by atoms with E-state index in [0.717, 1.165) is 5.56 Å². The van der Waals surface area contributed by atoms with Crippen molar-refractivity contribution < 1.29 is 4.92 Å². The van der Waals surface area contributed by atoms with Crippen LogP contribution in [0, 0.1) is 16.0 Å². The van der Waals surface area contributed by atoms with E-state index in [1.165, 1.54) is 38.2 Å². The SMILES string of the molecule is CC1CCCCCC1NCc1cccc([N+](=O)[O-])c1Br. The van der Waals surface area contributed by atoms with E-state index in [2.05, 4.69) is 28.2 Å². The normalized spacial score (nSPS) is 23.3. The monoisotopic (exact) mass is 340 g/mol. The number of rotatable bonds is 4. The molecule has 0 radical (unpaired) electrons. The van der Waals surface area contributed by atoms with Crippen LogP contribution in [0.25, 0.3) is 0 Å². The van der Waals surface area contributed by atoms with E-state index < -0.39 is 0 Å². The lowest BCUT2D eigenvalue weighted by Crippen LogP contribution is -2.33. The molecule has 1 aliphatic rings. The number of nitro groups is 1. The average Bonchev–Trinajstić information content (AvgIpc) is 2.62. The van der Waals surface area contributed by atoms with Gasteiger partial charge < -0.3 is 5.32 Å². The first-order chi connectivity index (χ1) is 9.59. The summed E-state index contributed by atoms with van der Waals surface area (Å²) in [5.41, 5.74) is 1.09. The minimum atomic E-state index is -0.345. The van der Waals surface area contributed by atoms with Crippen LogP contribution in [0.1, 0.15) is 44.6 Å². The van der Waals surface area contributed by atoms with Gasteiger partial charge in [0.05, 0.1) is 9.40 Å². The lowest BCUT2D eigenvalue weighted by Gasteiger charge is -2.23. The largest absolute Gasteiger partial charge is 0.310 e. The number of nitrogens with one attached hydrogen (secondary N) is 1. The summed E-state index contributed by atoms with van der Waals surface area (Å²) in [6.45, 7) is 2.97. The molecule has 0 bridgehead atoms. The fraction of sp³-hybridized carbons (Fsp3) is 0.600. The Morgan fingerprint density at radius 1 is 1.35 bits per heavy atom. The first kappa shape index (κ1) is 15.4. The van der Waals surface area contributed by atoms with Gasteiger partial charge in [0.1, 0.15) is 0 Å². The molecule has 1 aliphatic carbocycles. The van der Waals surface area contributed by atoms with E-state index in [1.54, 1.807) is 6.07 Å². The zero-order chi connectivity index (χ0) is 14.5. The van der Waals surface area contributed by atoms with Crippen molar-refractivity contribution in [2.45, 2.75) is 51.6 Å². The fourth-order valence-corrected chi connectivity index (χ4v) is 3.43. The summed E-state index contributed by atoms with van der Waals surface area (Å²) in [6, 6.07) is 5.73. The molecule has 1 aromatic rings. The van der Waals surface area contributed by atoms with Gasteiger partial charge >= 0.3 is 0 Å². The predicted molar refractivity (Wildman–Crippen MR) is 83.7 cm³/mol. The molecule has 1 N–H and O–H groups in total. The molecule has 110 valence electrons. The van der Waals surface area contributed by atoms with Crippen LogP contribution in [0.5, 0.6) is 0 Å². The van der Waals surface area contributed by atoms with Crippen LogP contribution in [0.15, 0.2) is 22.7 Å². The Hall–Kier alpha value is -0.940. The van der Waals surface area contributed by atoms with E-state index in [9.17, 15) is 10.1 Å². The summed E-state index contributed by atoms with van der Waals surface area (Å²) in [4.78, 5) is 10.6. The number of hydrogen-bond donors (Lipinski definition) is 1. The van der Waals surface area contributed by atoms with Crippen molar-refractivity contribution in [3.05, 3.63) is 38.3 Å². The van der Waals surface area contributed by atoms with Gasteiger partial charge in [0.25, 0.3) is 5.69 Å². The number of hydrogen-bond acceptors (Lipinski definition) is 3. The zero-order valence-corrected chi connectivity index (χ0v) is 13.4. The topological polar surface area (TPSA) is 55.2 Å². The van der Waals surface area contributed by atoms with E-state index in [-0.39, 0.29) is 10.6 Å². The van der Waals surface area contributed by atoms with Crippen molar-refractivity contribution in [3.63, 3.8) is 0 Å². The van der Waals surface area contributed by atoms with Gasteiger partial charge in [0, 0.05) is 18.7 Å². The van der Waals surface area contributed by atoms with Gasteiger partial charge in [-0.2, -0.15) is 0 Å². The molecule has 1 fully saturated rings. The minimum Gasteiger partial charge on any atom is -0.310 e. The highest BCUT2D eigenvalue weighted by Crippen LogP contribution is 2.29. The second kappa shape index (κ2) is 7.18. The summed E-state index contributed by atoms with van der Waals surface area (Å²) in [6.07, 6.45) is 6.39. The first-order valence-corrected chi connectivity index (χ1v) is 8.04. The Balaban J connectivity index is 2.03. The van der Waals surface area contributed by atoms with Crippen LogP contribution < -0.4 is 5.32 Å². The van der Waals surface area contributed by atoms with E-state index in [0.29, 0.717) is 23.0 Å². The molecule has 0 heterocycles. The molecular formula is C15H21BrN2O2. The highest BCUT2D eigenvalue weighted by molar-refractivity contribution is 9.10. The molecule has 1 aromatic carbocycles. The Morgan fingerprint density at radius 2 is 2.10 bits per heavy atom. The second-order valence-electron chi connectivity index (χ2n) is 5.61. The summed E-state index contributed by atoms with van der Waals surface area (Å²) < 4.78 is 0.596. The zero-order valence-electron chi connectivity index (χ0n) is 11.8. The molecule has 1 saturated carbocycles. The summed E-state index contributed by atoms with van der Waals surface area (Å²) in [7, 11) is 0. The second-order valence-corrected chi connectivity index (χ2v) is 6.40. The van der Waals surface area contributed by atoms with Gasteiger partial charge in [-0.15, -0.1) is 0 Å². The highest BCUT2D eigenvalue weighted by atomic mass is 79.9. The number of benzene rings is 1. The van der Waals surface area contributed by atoms with E-state index >= 15 is 0 Å². The van der Waals surface area contributed by atoms with Gasteiger partial charge in [-0.05, 0) is 40.3 Å². The summed E-state index contributed by atoms with van der Waals surface area (Å²) in [5, 5.41) is 14.5. The Bertz CT molecular complexity index is 479. The Morgan fingerprint density at radius 3 is 2.85 bits per heavy atom. The molecule has 2 atom stereocenters. The molecule has 20 heavy (non-hydrogen) atoms. The van der Waals surface area contributed by atoms with Crippen LogP contribution in [-0.2, 0) is 6.54 Å². The molecule has 0 saturated heterocycles. The maximum absolute atomic E-state index is 10.9. The van der Waals surface area contributed by atoms with Gasteiger partial charge in [-0.1, -0.05) is 38.3 Å². The molecule has 2 unspecified atom stereocenters. The van der Waals surface area contributed by atoms with Gasteiger partial charge in [0.2, 0.25) is 0 Å². The van der Waals surface area contributed by atoms with E-state index in [1.807, 2.05) is 6.07 Å². The lowest BCUT2D eigenvalue weighted by atomic mass is 9.97. The fourth-order valence-electron chi connectivity index (χ4n) is 2.88. The Labute approximate surface area is 128 Å². The summed E-state index contributed by atoms with van der Waals surface area (Å²) in [5.74, 6) is 0.676. The van der Waals surface area contributed by atoms with Crippen LogP contribution >= 0.6 is 15.9 Å². The molecule has 2 rings (SSSR count). The van der Waals surface area contributed by atoms with E-state index in [4.69, 9.17) is 0 Å². The average molecular weight is 341 g/mol. The third-order valence-corrected chi connectivity index (χ3v) is 5.09. The maximum atomic E-state index is 10.9. The third kappa shape index (κ3) is 3.79. The minimum absolute atomic E-state index is 0.137. The van der Waals surface area contributed by atoms with Crippen molar-refractivity contribution in [3.8, 4) is 0 Å². The van der Waals surface area contributed by atoms with Crippen molar-refractivity contribution in [2.24, 2.45) is 5.92 Å². The summed E-state index contributed by atoms with van der Waals surface area (Å²) >= 11 is 3.36. The number of nitrogens with zero attached hydrogens (tertiary/aromatic N) is 1. The van der Waals surface area contributed by atoms with Crippen LogP contribution in [-0.4, -0.2) is 11.0 Å². The van der Waals surface area contributed by atoms with Crippen molar-refractivity contribution in [2.75, 3.05) is 0 Å². The quantitative estimate of drug-likeness (QED) is 0.501. The van der Waals surface area contributed by atoms with Gasteiger partial charge in [0.15, 0.2) is 0 Å². The van der Waals surface area contributed by atoms with Gasteiger partial charge in [-0.3, -0.25) is 10.1 Å². The molecular weight excluding hydrogens is 320 g/mol. The standard InChI is InChI=1S/C15H21BrN2O2/c1-11-6-3-2-4-8-13(11)17-10-12-7-5-9-14(15(12)16)18(19)20/h5,7,9,11,13,17H,2-4,6,8,10H2,1H3. The molecule has 0 spiro atoms. The van der Waals surface area contributed by atoms with Crippen molar-refractivity contribution >= 4 is 21.6 Å². The number of nitro benzene ring substituents is 1. The van der Waals surface area contributed by atoms with Crippen LogP contribution in [0.3, 0.4) is 0 Å². The predicted octanol–water partition coefficient (Wildman–Crippen LogP) is 4.42. The van der Waals surface area contributed by atoms with Crippen LogP contribution in [0.2, 0.25) is 0 Å². The van der Waals surface area contributed by atoms with Crippen LogP contribution in [0.4, 0.5) is 5.69 Å². The molecule has 5 heteroatoms.